The highest BCUT2D eigenvalue weighted by molar-refractivity contribution is 5.91. The number of rotatable bonds is 3. The molecule has 3 heterocycles. The van der Waals surface area contributed by atoms with Crippen LogP contribution in [0.15, 0.2) is 24.5 Å². The number of carbonyl (C=O) groups is 1. The molecule has 23 heavy (non-hydrogen) atoms. The Morgan fingerprint density at radius 2 is 2.22 bits per heavy atom. The number of nitrogens with zero attached hydrogens (tertiary/aromatic N) is 5. The van der Waals surface area contributed by atoms with Gasteiger partial charge in [-0.2, -0.15) is 5.10 Å². The van der Waals surface area contributed by atoms with Crippen molar-refractivity contribution in [3.8, 4) is 0 Å². The minimum absolute atomic E-state index is 0.0630. The van der Waals surface area contributed by atoms with Crippen molar-refractivity contribution in [2.45, 2.75) is 32.7 Å². The van der Waals surface area contributed by atoms with Crippen molar-refractivity contribution in [1.82, 2.24) is 24.2 Å². The lowest BCUT2D eigenvalue weighted by molar-refractivity contribution is -0.127. The van der Waals surface area contributed by atoms with Crippen molar-refractivity contribution in [3.63, 3.8) is 0 Å². The van der Waals surface area contributed by atoms with E-state index in [-0.39, 0.29) is 11.9 Å². The van der Waals surface area contributed by atoms with Crippen molar-refractivity contribution in [3.05, 3.63) is 41.7 Å². The molecule has 1 aliphatic heterocycles. The summed E-state index contributed by atoms with van der Waals surface area (Å²) in [5.41, 5.74) is 1.04. The summed E-state index contributed by atoms with van der Waals surface area (Å²) < 4.78 is 3.94. The molecular formula is C17H23N5O. The van der Waals surface area contributed by atoms with Crippen molar-refractivity contribution < 1.29 is 4.79 Å². The Balaban J connectivity index is 1.67. The molecule has 0 aromatic carbocycles. The fourth-order valence-corrected chi connectivity index (χ4v) is 3.13. The van der Waals surface area contributed by atoms with Crippen LogP contribution < -0.4 is 0 Å². The van der Waals surface area contributed by atoms with Gasteiger partial charge in [-0.15, -0.1) is 0 Å². The normalized spacial score (nSPS) is 18.7. The Kier molecular flexibility index (Phi) is 4.32. The van der Waals surface area contributed by atoms with E-state index >= 15 is 0 Å². The maximum absolute atomic E-state index is 12.4. The first-order chi connectivity index (χ1) is 11.0. The number of carbonyl (C=O) groups excluding carboxylic acids is 1. The van der Waals surface area contributed by atoms with E-state index in [4.69, 9.17) is 0 Å². The Morgan fingerprint density at radius 1 is 1.39 bits per heavy atom. The van der Waals surface area contributed by atoms with E-state index in [0.717, 1.165) is 36.6 Å². The molecule has 1 atom stereocenters. The van der Waals surface area contributed by atoms with Gasteiger partial charge in [0.25, 0.3) is 0 Å². The quantitative estimate of drug-likeness (QED) is 0.816. The van der Waals surface area contributed by atoms with Crippen molar-refractivity contribution in [1.29, 1.82) is 0 Å². The lowest BCUT2D eigenvalue weighted by atomic mass is 10.1. The average Bonchev–Trinajstić information content (AvgIpc) is 3.10. The fourth-order valence-electron chi connectivity index (χ4n) is 3.13. The molecule has 0 N–H and O–H groups in total. The van der Waals surface area contributed by atoms with E-state index in [2.05, 4.69) is 10.1 Å². The number of aromatic nitrogens is 4. The Morgan fingerprint density at radius 3 is 2.87 bits per heavy atom. The summed E-state index contributed by atoms with van der Waals surface area (Å²) in [6.07, 6.45) is 9.53. The molecule has 0 bridgehead atoms. The van der Waals surface area contributed by atoms with Crippen molar-refractivity contribution in [2.75, 3.05) is 13.1 Å². The van der Waals surface area contributed by atoms with Crippen molar-refractivity contribution in [2.24, 2.45) is 7.05 Å². The first-order valence-electron chi connectivity index (χ1n) is 8.01. The molecule has 122 valence electrons. The highest BCUT2D eigenvalue weighted by atomic mass is 16.2. The third-order valence-corrected chi connectivity index (χ3v) is 4.23. The third-order valence-electron chi connectivity index (χ3n) is 4.23. The topological polar surface area (TPSA) is 56.0 Å². The molecule has 0 aliphatic carbocycles. The largest absolute Gasteiger partial charge is 0.357 e. The van der Waals surface area contributed by atoms with E-state index in [0.29, 0.717) is 6.54 Å². The number of amides is 1. The minimum Gasteiger partial charge on any atom is -0.357 e. The zero-order chi connectivity index (χ0) is 16.4. The minimum atomic E-state index is 0.0630. The highest BCUT2D eigenvalue weighted by Gasteiger charge is 2.25. The Hall–Kier alpha value is -2.37. The monoisotopic (exact) mass is 313 g/mol. The van der Waals surface area contributed by atoms with Crippen LogP contribution in [0, 0.1) is 13.8 Å². The van der Waals surface area contributed by atoms with Gasteiger partial charge in [0, 0.05) is 38.6 Å². The van der Waals surface area contributed by atoms with Crippen LogP contribution in [0.2, 0.25) is 0 Å². The summed E-state index contributed by atoms with van der Waals surface area (Å²) in [6, 6.07) is 2.21. The summed E-state index contributed by atoms with van der Waals surface area (Å²) in [4.78, 5) is 18.7. The third kappa shape index (κ3) is 3.52. The van der Waals surface area contributed by atoms with E-state index in [1.54, 1.807) is 6.08 Å². The van der Waals surface area contributed by atoms with Gasteiger partial charge in [0.1, 0.15) is 11.6 Å². The molecule has 2 aromatic heterocycles. The second-order valence-corrected chi connectivity index (χ2v) is 6.17. The molecule has 0 radical (unpaired) electrons. The molecule has 1 unspecified atom stereocenters. The van der Waals surface area contributed by atoms with Gasteiger partial charge in [-0.3, -0.25) is 4.79 Å². The van der Waals surface area contributed by atoms with Crippen LogP contribution >= 0.6 is 0 Å². The number of aryl methyl sites for hydroxylation is 3. The van der Waals surface area contributed by atoms with Crippen LogP contribution in [0.5, 0.6) is 0 Å². The summed E-state index contributed by atoms with van der Waals surface area (Å²) in [6.45, 7) is 5.37. The molecule has 6 heteroatoms. The molecule has 1 aliphatic rings. The van der Waals surface area contributed by atoms with Crippen molar-refractivity contribution >= 4 is 12.0 Å². The lowest BCUT2D eigenvalue weighted by Crippen LogP contribution is -2.40. The number of likely N-dealkylation sites (tertiary alicyclic amines) is 1. The van der Waals surface area contributed by atoms with E-state index in [1.807, 2.05) is 59.6 Å². The molecule has 1 amide bonds. The second-order valence-electron chi connectivity index (χ2n) is 6.17. The number of piperidine rings is 1. The standard InChI is InChI=1S/C17H23N5O/c1-13-18-14(2)22(19-13)16-5-4-9-21(12-16)17(23)7-6-15-8-10-20(3)11-15/h6-8,10-11,16H,4-5,9,12H2,1-3H3/b7-6+. The van der Waals surface area contributed by atoms with E-state index in [9.17, 15) is 4.79 Å². The predicted octanol–water partition coefficient (Wildman–Crippen LogP) is 2.11. The molecule has 0 spiro atoms. The van der Waals surface area contributed by atoms with Gasteiger partial charge in [-0.1, -0.05) is 0 Å². The number of hydrogen-bond donors (Lipinski definition) is 0. The molecule has 2 aromatic rings. The summed E-state index contributed by atoms with van der Waals surface area (Å²) in [7, 11) is 1.97. The number of hydrogen-bond acceptors (Lipinski definition) is 3. The molecule has 1 saturated heterocycles. The zero-order valence-electron chi connectivity index (χ0n) is 13.9. The predicted molar refractivity (Wildman–Crippen MR) is 88.8 cm³/mol. The first-order valence-corrected chi connectivity index (χ1v) is 8.01. The van der Waals surface area contributed by atoms with Crippen LogP contribution in [-0.2, 0) is 11.8 Å². The van der Waals surface area contributed by atoms with Crippen LogP contribution in [-0.4, -0.2) is 43.2 Å². The van der Waals surface area contributed by atoms with E-state index < -0.39 is 0 Å². The zero-order valence-corrected chi connectivity index (χ0v) is 13.9. The lowest BCUT2D eigenvalue weighted by Gasteiger charge is -2.32. The SMILES string of the molecule is Cc1nc(C)n(C2CCCN(C(=O)/C=C/c3ccn(C)c3)C2)n1. The van der Waals surface area contributed by atoms with Crippen LogP contribution in [0.3, 0.4) is 0 Å². The molecular weight excluding hydrogens is 290 g/mol. The molecule has 6 nitrogen and oxygen atoms in total. The smallest absolute Gasteiger partial charge is 0.246 e. The van der Waals surface area contributed by atoms with Gasteiger partial charge < -0.3 is 9.47 Å². The van der Waals surface area contributed by atoms with Crippen LogP contribution in [0.4, 0.5) is 0 Å². The van der Waals surface area contributed by atoms with Gasteiger partial charge in [-0.25, -0.2) is 9.67 Å². The molecule has 0 saturated carbocycles. The molecule has 3 rings (SSSR count). The van der Waals surface area contributed by atoms with Gasteiger partial charge in [0.15, 0.2) is 0 Å². The van der Waals surface area contributed by atoms with Gasteiger partial charge in [0.2, 0.25) is 5.91 Å². The first kappa shape index (κ1) is 15.5. The fraction of sp³-hybridized carbons (Fsp3) is 0.471. The molecule has 1 fully saturated rings. The van der Waals surface area contributed by atoms with Gasteiger partial charge in [-0.05, 0) is 44.4 Å². The maximum Gasteiger partial charge on any atom is 0.246 e. The van der Waals surface area contributed by atoms with Gasteiger partial charge >= 0.3 is 0 Å². The second kappa shape index (κ2) is 6.40. The highest BCUT2D eigenvalue weighted by Crippen LogP contribution is 2.22. The van der Waals surface area contributed by atoms with Crippen LogP contribution in [0.1, 0.15) is 36.1 Å². The Bertz CT molecular complexity index is 727. The summed E-state index contributed by atoms with van der Waals surface area (Å²) >= 11 is 0. The van der Waals surface area contributed by atoms with Gasteiger partial charge in [0.05, 0.1) is 6.04 Å². The van der Waals surface area contributed by atoms with Crippen LogP contribution in [0.25, 0.3) is 6.08 Å². The van der Waals surface area contributed by atoms with E-state index in [1.165, 1.54) is 0 Å². The Labute approximate surface area is 136 Å². The summed E-state index contributed by atoms with van der Waals surface area (Å²) in [5.74, 6) is 1.77. The summed E-state index contributed by atoms with van der Waals surface area (Å²) in [5, 5.41) is 4.47. The maximum atomic E-state index is 12.4. The average molecular weight is 313 g/mol.